The van der Waals surface area contributed by atoms with E-state index in [4.69, 9.17) is 9.47 Å². The Labute approximate surface area is 119 Å². The molecule has 1 unspecified atom stereocenters. The number of methoxy groups -OCH3 is 2. The maximum absolute atomic E-state index is 12.2. The first-order chi connectivity index (χ1) is 9.67. The van der Waals surface area contributed by atoms with Gasteiger partial charge in [-0.3, -0.25) is 0 Å². The fourth-order valence-electron chi connectivity index (χ4n) is 2.56. The highest BCUT2D eigenvalue weighted by atomic mass is 16.5. The molecular weight excluding hydrogens is 256 g/mol. The summed E-state index contributed by atoms with van der Waals surface area (Å²) in [5.74, 6) is 0.831. The molecule has 20 heavy (non-hydrogen) atoms. The molecule has 0 aliphatic carbocycles. The summed E-state index contributed by atoms with van der Waals surface area (Å²) in [6.07, 6.45) is 0.876. The van der Waals surface area contributed by atoms with Crippen molar-refractivity contribution in [1.29, 1.82) is 0 Å². The van der Waals surface area contributed by atoms with E-state index in [2.05, 4.69) is 11.4 Å². The lowest BCUT2D eigenvalue weighted by molar-refractivity contribution is 0.164. The van der Waals surface area contributed by atoms with Gasteiger partial charge in [-0.1, -0.05) is 6.07 Å². The fraction of sp³-hybridized carbons (Fsp3) is 0.533. The van der Waals surface area contributed by atoms with Crippen molar-refractivity contribution in [2.45, 2.75) is 19.4 Å². The van der Waals surface area contributed by atoms with Crippen molar-refractivity contribution in [3.63, 3.8) is 0 Å². The number of hydrogen-bond acceptors (Lipinski definition) is 3. The minimum absolute atomic E-state index is 0.0389. The number of ether oxygens (including phenoxy) is 2. The molecule has 5 heteroatoms. The van der Waals surface area contributed by atoms with E-state index < -0.39 is 0 Å². The van der Waals surface area contributed by atoms with Gasteiger partial charge in [0.1, 0.15) is 5.75 Å². The molecule has 2 amide bonds. The van der Waals surface area contributed by atoms with E-state index in [0.717, 1.165) is 24.3 Å². The van der Waals surface area contributed by atoms with Crippen molar-refractivity contribution in [1.82, 2.24) is 10.2 Å². The Morgan fingerprint density at radius 2 is 2.25 bits per heavy atom. The Kier molecular flexibility index (Phi) is 4.84. The molecule has 1 atom stereocenters. The van der Waals surface area contributed by atoms with Gasteiger partial charge >= 0.3 is 6.03 Å². The molecular formula is C15H22N2O3. The summed E-state index contributed by atoms with van der Waals surface area (Å²) in [5.41, 5.74) is 2.46. The number of carbonyl (C=O) groups excluding carboxylic acids is 1. The molecule has 1 aliphatic rings. The van der Waals surface area contributed by atoms with Crippen LogP contribution in [0.1, 0.15) is 24.1 Å². The standard InChI is InChI=1S/C15H22N2O3/c1-11-14-10-13(20-3)5-4-12(14)6-8-17(11)15(18)16-7-9-19-2/h4-5,10-11H,6-9H2,1-3H3,(H,16,18). The molecule has 0 fully saturated rings. The van der Waals surface area contributed by atoms with E-state index in [1.165, 1.54) is 5.56 Å². The third kappa shape index (κ3) is 3.04. The zero-order valence-electron chi connectivity index (χ0n) is 12.3. The average Bonchev–Trinajstić information content (AvgIpc) is 2.47. The monoisotopic (exact) mass is 278 g/mol. The summed E-state index contributed by atoms with van der Waals surface area (Å²) in [5, 5.41) is 2.87. The van der Waals surface area contributed by atoms with Crippen LogP contribution in [0.4, 0.5) is 4.79 Å². The van der Waals surface area contributed by atoms with Gasteiger partial charge in [0, 0.05) is 20.2 Å². The number of carbonyl (C=O) groups is 1. The van der Waals surface area contributed by atoms with E-state index in [9.17, 15) is 4.79 Å². The van der Waals surface area contributed by atoms with Crippen LogP contribution in [0.25, 0.3) is 0 Å². The number of nitrogens with zero attached hydrogens (tertiary/aromatic N) is 1. The average molecular weight is 278 g/mol. The van der Waals surface area contributed by atoms with Crippen molar-refractivity contribution in [3.8, 4) is 5.75 Å². The molecule has 0 bridgehead atoms. The Bertz CT molecular complexity index is 476. The molecule has 1 aromatic carbocycles. The van der Waals surface area contributed by atoms with Crippen LogP contribution in [0, 0.1) is 0 Å². The highest BCUT2D eigenvalue weighted by molar-refractivity contribution is 5.75. The molecule has 0 radical (unpaired) electrons. The Hall–Kier alpha value is -1.75. The number of nitrogens with one attached hydrogen (secondary N) is 1. The minimum atomic E-state index is -0.0389. The largest absolute Gasteiger partial charge is 0.497 e. The first kappa shape index (κ1) is 14.7. The number of urea groups is 1. The molecule has 0 saturated carbocycles. The van der Waals surface area contributed by atoms with Crippen LogP contribution in [-0.2, 0) is 11.2 Å². The van der Waals surface area contributed by atoms with E-state index in [0.29, 0.717) is 13.2 Å². The van der Waals surface area contributed by atoms with Gasteiger partial charge in [-0.25, -0.2) is 4.79 Å². The van der Waals surface area contributed by atoms with Crippen molar-refractivity contribution >= 4 is 6.03 Å². The van der Waals surface area contributed by atoms with Crippen LogP contribution in [0.3, 0.4) is 0 Å². The van der Waals surface area contributed by atoms with E-state index in [1.807, 2.05) is 24.0 Å². The summed E-state index contributed by atoms with van der Waals surface area (Å²) >= 11 is 0. The van der Waals surface area contributed by atoms with Crippen LogP contribution in [0.15, 0.2) is 18.2 Å². The zero-order chi connectivity index (χ0) is 14.5. The Balaban J connectivity index is 2.09. The van der Waals surface area contributed by atoms with E-state index in [1.54, 1.807) is 14.2 Å². The van der Waals surface area contributed by atoms with Crippen LogP contribution in [0.5, 0.6) is 5.75 Å². The van der Waals surface area contributed by atoms with Crippen molar-refractivity contribution in [2.24, 2.45) is 0 Å². The lowest BCUT2D eigenvalue weighted by Crippen LogP contribution is -2.45. The van der Waals surface area contributed by atoms with Gasteiger partial charge in [0.05, 0.1) is 19.8 Å². The predicted octanol–water partition coefficient (Wildman–Crippen LogP) is 1.97. The Morgan fingerprint density at radius 1 is 1.45 bits per heavy atom. The molecule has 110 valence electrons. The summed E-state index contributed by atoms with van der Waals surface area (Å²) in [6.45, 7) is 3.84. The SMILES string of the molecule is COCCNC(=O)N1CCc2ccc(OC)cc2C1C. The summed E-state index contributed by atoms with van der Waals surface area (Å²) < 4.78 is 10.2. The zero-order valence-corrected chi connectivity index (χ0v) is 12.3. The smallest absolute Gasteiger partial charge is 0.317 e. The van der Waals surface area contributed by atoms with Crippen LogP contribution in [-0.4, -0.2) is 44.8 Å². The van der Waals surface area contributed by atoms with Gasteiger partial charge in [0.15, 0.2) is 0 Å². The number of fused-ring (bicyclic) bond motifs is 1. The predicted molar refractivity (Wildman–Crippen MR) is 77.1 cm³/mol. The topological polar surface area (TPSA) is 50.8 Å². The summed E-state index contributed by atoms with van der Waals surface area (Å²) in [7, 11) is 3.28. The molecule has 1 heterocycles. The van der Waals surface area contributed by atoms with Gasteiger partial charge in [0.25, 0.3) is 0 Å². The van der Waals surface area contributed by atoms with Crippen molar-refractivity contribution in [3.05, 3.63) is 29.3 Å². The minimum Gasteiger partial charge on any atom is -0.497 e. The number of benzene rings is 1. The Morgan fingerprint density at radius 3 is 2.95 bits per heavy atom. The maximum atomic E-state index is 12.2. The molecule has 5 nitrogen and oxygen atoms in total. The second-order valence-corrected chi connectivity index (χ2v) is 4.91. The van der Waals surface area contributed by atoms with Crippen LogP contribution >= 0.6 is 0 Å². The van der Waals surface area contributed by atoms with Crippen LogP contribution < -0.4 is 10.1 Å². The van der Waals surface area contributed by atoms with Gasteiger partial charge in [-0.15, -0.1) is 0 Å². The van der Waals surface area contributed by atoms with Gasteiger partial charge in [-0.05, 0) is 36.6 Å². The lowest BCUT2D eigenvalue weighted by Gasteiger charge is -2.35. The quantitative estimate of drug-likeness (QED) is 0.857. The van der Waals surface area contributed by atoms with E-state index in [-0.39, 0.29) is 12.1 Å². The van der Waals surface area contributed by atoms with Crippen molar-refractivity contribution < 1.29 is 14.3 Å². The molecule has 1 aromatic rings. The first-order valence-corrected chi connectivity index (χ1v) is 6.87. The van der Waals surface area contributed by atoms with Crippen LogP contribution in [0.2, 0.25) is 0 Å². The third-order valence-corrected chi connectivity index (χ3v) is 3.74. The fourth-order valence-corrected chi connectivity index (χ4v) is 2.56. The molecule has 0 aromatic heterocycles. The third-order valence-electron chi connectivity index (χ3n) is 3.74. The molecule has 0 spiro atoms. The van der Waals surface area contributed by atoms with Gasteiger partial charge < -0.3 is 19.7 Å². The van der Waals surface area contributed by atoms with Gasteiger partial charge in [0.2, 0.25) is 0 Å². The maximum Gasteiger partial charge on any atom is 0.317 e. The van der Waals surface area contributed by atoms with E-state index >= 15 is 0 Å². The van der Waals surface area contributed by atoms with Crippen molar-refractivity contribution in [2.75, 3.05) is 33.9 Å². The number of amides is 2. The summed E-state index contributed by atoms with van der Waals surface area (Å²) in [6, 6.07) is 6.10. The number of rotatable bonds is 4. The normalized spacial score (nSPS) is 17.6. The first-order valence-electron chi connectivity index (χ1n) is 6.87. The molecule has 2 rings (SSSR count). The second-order valence-electron chi connectivity index (χ2n) is 4.91. The highest BCUT2D eigenvalue weighted by Gasteiger charge is 2.27. The molecule has 1 aliphatic heterocycles. The number of hydrogen-bond donors (Lipinski definition) is 1. The molecule has 0 saturated heterocycles. The summed E-state index contributed by atoms with van der Waals surface area (Å²) in [4.78, 5) is 14.0. The lowest BCUT2D eigenvalue weighted by atomic mass is 9.93. The molecule has 1 N–H and O–H groups in total. The second kappa shape index (κ2) is 6.61. The van der Waals surface area contributed by atoms with Gasteiger partial charge in [-0.2, -0.15) is 0 Å². The highest BCUT2D eigenvalue weighted by Crippen LogP contribution is 2.31.